The smallest absolute Gasteiger partial charge is 0.311 e. The molecule has 0 aliphatic carbocycles. The molecule has 7 heteroatoms. The van der Waals surface area contributed by atoms with Crippen LogP contribution in [0.2, 0.25) is 0 Å². The number of carbonyl (C=O) groups is 1. The van der Waals surface area contributed by atoms with Crippen molar-refractivity contribution in [2.24, 2.45) is 5.92 Å². The quantitative estimate of drug-likeness (QED) is 0.533. The lowest BCUT2D eigenvalue weighted by molar-refractivity contribution is -0.385. The van der Waals surface area contributed by atoms with Crippen molar-refractivity contribution in [2.75, 3.05) is 13.7 Å². The monoisotopic (exact) mass is 372 g/mol. The molecule has 0 spiro atoms. The van der Waals surface area contributed by atoms with E-state index >= 15 is 0 Å². The molecule has 0 radical (unpaired) electrons. The number of nitro groups is 1. The zero-order valence-electron chi connectivity index (χ0n) is 15.7. The van der Waals surface area contributed by atoms with Crippen LogP contribution in [0.1, 0.15) is 31.9 Å². The Hall–Kier alpha value is -3.09. The molecule has 0 aromatic heterocycles. The van der Waals surface area contributed by atoms with Crippen LogP contribution >= 0.6 is 0 Å². The number of rotatable bonds is 9. The summed E-state index contributed by atoms with van der Waals surface area (Å²) in [6, 6.07) is 13.8. The number of ether oxygens (including phenoxy) is 2. The molecular formula is C20H24N2O5. The van der Waals surface area contributed by atoms with Crippen LogP contribution in [0, 0.1) is 16.0 Å². The van der Waals surface area contributed by atoms with Gasteiger partial charge in [0.15, 0.2) is 6.61 Å². The highest BCUT2D eigenvalue weighted by Gasteiger charge is 2.18. The van der Waals surface area contributed by atoms with E-state index in [1.165, 1.54) is 25.3 Å². The molecule has 1 N–H and O–H groups in total. The van der Waals surface area contributed by atoms with Crippen molar-refractivity contribution < 1.29 is 19.2 Å². The van der Waals surface area contributed by atoms with E-state index in [4.69, 9.17) is 9.47 Å². The van der Waals surface area contributed by atoms with Crippen molar-refractivity contribution >= 4 is 11.6 Å². The van der Waals surface area contributed by atoms with Crippen LogP contribution < -0.4 is 14.8 Å². The second-order valence-electron chi connectivity index (χ2n) is 6.54. The second kappa shape index (κ2) is 9.56. The lowest BCUT2D eigenvalue weighted by Crippen LogP contribution is -2.33. The first-order valence-electron chi connectivity index (χ1n) is 8.70. The average molecular weight is 372 g/mol. The summed E-state index contributed by atoms with van der Waals surface area (Å²) in [5.74, 6) is 0.560. The van der Waals surface area contributed by atoms with Crippen LogP contribution in [0.25, 0.3) is 0 Å². The Morgan fingerprint density at radius 1 is 1.19 bits per heavy atom. The molecule has 2 aromatic carbocycles. The normalized spacial score (nSPS) is 11.7. The molecule has 0 unspecified atom stereocenters. The predicted octanol–water partition coefficient (Wildman–Crippen LogP) is 3.89. The van der Waals surface area contributed by atoms with Gasteiger partial charge in [-0.05, 0) is 24.0 Å². The van der Waals surface area contributed by atoms with Gasteiger partial charge in [0.1, 0.15) is 5.75 Å². The number of nitro benzene ring substituents is 1. The summed E-state index contributed by atoms with van der Waals surface area (Å²) in [5.41, 5.74) is 0.881. The van der Waals surface area contributed by atoms with E-state index in [0.717, 1.165) is 12.0 Å². The highest BCUT2D eigenvalue weighted by atomic mass is 16.6. The van der Waals surface area contributed by atoms with E-state index in [-0.39, 0.29) is 30.0 Å². The zero-order chi connectivity index (χ0) is 19.8. The summed E-state index contributed by atoms with van der Waals surface area (Å²) in [5, 5.41) is 13.9. The molecule has 144 valence electrons. The van der Waals surface area contributed by atoms with E-state index in [0.29, 0.717) is 11.7 Å². The van der Waals surface area contributed by atoms with Gasteiger partial charge in [0.25, 0.3) is 5.91 Å². The largest absolute Gasteiger partial charge is 0.490 e. The van der Waals surface area contributed by atoms with Gasteiger partial charge in [-0.25, -0.2) is 0 Å². The third-order valence-corrected chi connectivity index (χ3v) is 3.96. The number of amides is 1. The Morgan fingerprint density at radius 3 is 2.48 bits per heavy atom. The van der Waals surface area contributed by atoms with Gasteiger partial charge < -0.3 is 14.8 Å². The van der Waals surface area contributed by atoms with E-state index in [9.17, 15) is 14.9 Å². The first-order valence-corrected chi connectivity index (χ1v) is 8.70. The van der Waals surface area contributed by atoms with Gasteiger partial charge >= 0.3 is 5.69 Å². The van der Waals surface area contributed by atoms with E-state index in [1.54, 1.807) is 0 Å². The fraction of sp³-hybridized carbons (Fsp3) is 0.350. The van der Waals surface area contributed by atoms with Crippen molar-refractivity contribution in [1.82, 2.24) is 5.32 Å². The molecule has 7 nitrogen and oxygen atoms in total. The van der Waals surface area contributed by atoms with Crippen molar-refractivity contribution in [2.45, 2.75) is 26.3 Å². The Balaban J connectivity index is 2.00. The standard InChI is InChI=1S/C20H24N2O5/c1-14(2)11-17(15-7-5-4-6-8-15)21-20(23)13-27-16-9-10-18(22(24)25)19(12-16)26-3/h4-10,12,14,17H,11,13H2,1-3H3,(H,21,23)/t17-/m0/s1. The summed E-state index contributed by atoms with van der Waals surface area (Å²) in [6.07, 6.45) is 0.807. The highest BCUT2D eigenvalue weighted by Crippen LogP contribution is 2.30. The van der Waals surface area contributed by atoms with Crippen molar-refractivity contribution in [3.63, 3.8) is 0 Å². The van der Waals surface area contributed by atoms with Crippen LogP contribution in [0.3, 0.4) is 0 Å². The van der Waals surface area contributed by atoms with E-state index < -0.39 is 4.92 Å². The van der Waals surface area contributed by atoms with Crippen LogP contribution in [0.5, 0.6) is 11.5 Å². The number of hydrogen-bond acceptors (Lipinski definition) is 5. The number of nitrogens with zero attached hydrogens (tertiary/aromatic N) is 1. The number of benzene rings is 2. The fourth-order valence-electron chi connectivity index (χ4n) is 2.72. The molecule has 2 rings (SSSR count). The Labute approximate surface area is 158 Å². The molecule has 0 aliphatic rings. The predicted molar refractivity (Wildman–Crippen MR) is 102 cm³/mol. The zero-order valence-corrected chi connectivity index (χ0v) is 15.7. The molecule has 0 saturated heterocycles. The minimum Gasteiger partial charge on any atom is -0.490 e. The molecule has 1 amide bonds. The molecule has 2 aromatic rings. The summed E-state index contributed by atoms with van der Waals surface area (Å²) in [4.78, 5) is 22.7. The molecular weight excluding hydrogens is 348 g/mol. The van der Waals surface area contributed by atoms with Crippen molar-refractivity contribution in [1.29, 1.82) is 0 Å². The topological polar surface area (TPSA) is 90.7 Å². The molecule has 1 atom stereocenters. The van der Waals surface area contributed by atoms with Gasteiger partial charge in [0, 0.05) is 12.1 Å². The average Bonchev–Trinajstić information content (AvgIpc) is 2.65. The first-order chi connectivity index (χ1) is 12.9. The van der Waals surface area contributed by atoms with Gasteiger partial charge in [-0.15, -0.1) is 0 Å². The highest BCUT2D eigenvalue weighted by molar-refractivity contribution is 5.78. The van der Waals surface area contributed by atoms with Gasteiger partial charge in [0.05, 0.1) is 18.1 Å². The van der Waals surface area contributed by atoms with E-state index in [2.05, 4.69) is 19.2 Å². The summed E-state index contributed by atoms with van der Waals surface area (Å²) < 4.78 is 10.5. The summed E-state index contributed by atoms with van der Waals surface area (Å²) >= 11 is 0. The van der Waals surface area contributed by atoms with Crippen LogP contribution in [0.15, 0.2) is 48.5 Å². The lowest BCUT2D eigenvalue weighted by atomic mass is 9.97. The van der Waals surface area contributed by atoms with E-state index in [1.807, 2.05) is 30.3 Å². The van der Waals surface area contributed by atoms with Gasteiger partial charge in [-0.1, -0.05) is 44.2 Å². The Morgan fingerprint density at radius 2 is 1.89 bits per heavy atom. The number of carbonyl (C=O) groups excluding carboxylic acids is 1. The number of methoxy groups -OCH3 is 1. The van der Waals surface area contributed by atoms with Gasteiger partial charge in [0.2, 0.25) is 5.75 Å². The summed E-state index contributed by atoms with van der Waals surface area (Å²) in [7, 11) is 1.34. The van der Waals surface area contributed by atoms with Crippen molar-refractivity contribution in [3.05, 3.63) is 64.2 Å². The minimum atomic E-state index is -0.536. The third kappa shape index (κ3) is 5.99. The van der Waals surface area contributed by atoms with Crippen molar-refractivity contribution in [3.8, 4) is 11.5 Å². The molecule has 0 saturated carbocycles. The van der Waals surface area contributed by atoms with Gasteiger partial charge in [-0.3, -0.25) is 14.9 Å². The van der Waals surface area contributed by atoms with Crippen LogP contribution in [0.4, 0.5) is 5.69 Å². The lowest BCUT2D eigenvalue weighted by Gasteiger charge is -2.21. The SMILES string of the molecule is COc1cc(OCC(=O)N[C@@H](CC(C)C)c2ccccc2)ccc1[N+](=O)[O-]. The van der Waals surface area contributed by atoms with Gasteiger partial charge in [-0.2, -0.15) is 0 Å². The number of hydrogen-bond donors (Lipinski definition) is 1. The third-order valence-electron chi connectivity index (χ3n) is 3.96. The minimum absolute atomic E-state index is 0.0832. The Kier molecular flexibility index (Phi) is 7.16. The second-order valence-corrected chi connectivity index (χ2v) is 6.54. The summed E-state index contributed by atoms with van der Waals surface area (Å²) in [6.45, 7) is 4.01. The maximum Gasteiger partial charge on any atom is 0.311 e. The first kappa shape index (κ1) is 20.2. The molecule has 0 heterocycles. The molecule has 0 fully saturated rings. The maximum atomic E-state index is 12.3. The fourth-order valence-corrected chi connectivity index (χ4v) is 2.72. The molecule has 27 heavy (non-hydrogen) atoms. The number of nitrogens with one attached hydrogen (secondary N) is 1. The maximum absolute atomic E-state index is 12.3. The van der Waals surface area contributed by atoms with Crippen LogP contribution in [-0.2, 0) is 4.79 Å². The molecule has 0 aliphatic heterocycles. The molecule has 0 bridgehead atoms. The Bertz CT molecular complexity index is 777. The van der Waals surface area contributed by atoms with Crippen LogP contribution in [-0.4, -0.2) is 24.5 Å².